The molecule has 2 aromatic carbocycles. The minimum atomic E-state index is -0.406. The average molecular weight is 342 g/mol. The molecule has 0 radical (unpaired) electrons. The van der Waals surface area contributed by atoms with Crippen LogP contribution in [0.1, 0.15) is 13.3 Å². The lowest BCUT2D eigenvalue weighted by Crippen LogP contribution is -2.37. The van der Waals surface area contributed by atoms with Gasteiger partial charge in [-0.2, -0.15) is 0 Å². The number of likely N-dealkylation sites (tertiary alicyclic amines) is 1. The number of para-hydroxylation sites is 1. The standard InChI is InChI=1S/C19H22N2O4/c1-19(25-18-9-5-6-16(14-18)21(22)23)10-11-20(15-19)12-13-24-17-7-3-2-4-8-17/h2-9,14H,10-13,15H2,1H3. The molecule has 2 aromatic rings. The molecule has 0 aromatic heterocycles. The molecule has 1 heterocycles. The smallest absolute Gasteiger partial charge is 0.273 e. The predicted molar refractivity (Wildman–Crippen MR) is 95.1 cm³/mol. The van der Waals surface area contributed by atoms with Crippen molar-refractivity contribution in [2.24, 2.45) is 0 Å². The number of rotatable bonds is 7. The molecule has 0 spiro atoms. The van der Waals surface area contributed by atoms with Crippen molar-refractivity contribution in [1.29, 1.82) is 0 Å². The topological polar surface area (TPSA) is 64.8 Å². The van der Waals surface area contributed by atoms with E-state index < -0.39 is 4.92 Å². The van der Waals surface area contributed by atoms with Gasteiger partial charge in [-0.3, -0.25) is 15.0 Å². The molecule has 1 aliphatic rings. The monoisotopic (exact) mass is 342 g/mol. The summed E-state index contributed by atoms with van der Waals surface area (Å²) in [6.45, 7) is 5.18. The van der Waals surface area contributed by atoms with Gasteiger partial charge in [0.15, 0.2) is 0 Å². The fraction of sp³-hybridized carbons (Fsp3) is 0.368. The van der Waals surface area contributed by atoms with Crippen molar-refractivity contribution in [1.82, 2.24) is 4.90 Å². The summed E-state index contributed by atoms with van der Waals surface area (Å²) in [6, 6.07) is 16.1. The number of nitro benzene ring substituents is 1. The van der Waals surface area contributed by atoms with E-state index in [2.05, 4.69) is 4.90 Å². The van der Waals surface area contributed by atoms with Crippen molar-refractivity contribution in [3.05, 3.63) is 64.7 Å². The van der Waals surface area contributed by atoms with Gasteiger partial charge in [0.1, 0.15) is 23.7 Å². The summed E-state index contributed by atoms with van der Waals surface area (Å²) < 4.78 is 11.8. The maximum Gasteiger partial charge on any atom is 0.273 e. The highest BCUT2D eigenvalue weighted by Crippen LogP contribution is 2.29. The van der Waals surface area contributed by atoms with Crippen molar-refractivity contribution >= 4 is 5.69 Å². The maximum absolute atomic E-state index is 10.9. The molecule has 6 heteroatoms. The van der Waals surface area contributed by atoms with Gasteiger partial charge in [0.2, 0.25) is 0 Å². The van der Waals surface area contributed by atoms with Crippen LogP contribution >= 0.6 is 0 Å². The first kappa shape index (κ1) is 17.2. The lowest BCUT2D eigenvalue weighted by atomic mass is 10.1. The average Bonchev–Trinajstić information content (AvgIpc) is 2.97. The predicted octanol–water partition coefficient (Wildman–Crippen LogP) is 3.52. The molecule has 1 fully saturated rings. The first-order valence-corrected chi connectivity index (χ1v) is 8.38. The summed E-state index contributed by atoms with van der Waals surface area (Å²) in [6.07, 6.45) is 0.876. The molecular formula is C19H22N2O4. The molecule has 1 unspecified atom stereocenters. The Hall–Kier alpha value is -2.60. The Kier molecular flexibility index (Phi) is 5.19. The quantitative estimate of drug-likeness (QED) is 0.569. The minimum absolute atomic E-state index is 0.0483. The summed E-state index contributed by atoms with van der Waals surface area (Å²) >= 11 is 0. The molecule has 3 rings (SSSR count). The van der Waals surface area contributed by atoms with Gasteiger partial charge in [-0.15, -0.1) is 0 Å². The van der Waals surface area contributed by atoms with Crippen LogP contribution in [-0.2, 0) is 0 Å². The van der Waals surface area contributed by atoms with Crippen LogP contribution < -0.4 is 9.47 Å². The second-order valence-electron chi connectivity index (χ2n) is 6.49. The summed E-state index contributed by atoms with van der Waals surface area (Å²) in [5, 5.41) is 10.9. The Bertz CT molecular complexity index is 722. The molecule has 0 aliphatic carbocycles. The third kappa shape index (κ3) is 4.70. The molecule has 1 aliphatic heterocycles. The van der Waals surface area contributed by atoms with Crippen molar-refractivity contribution in [3.8, 4) is 11.5 Å². The fourth-order valence-corrected chi connectivity index (χ4v) is 3.05. The third-order valence-electron chi connectivity index (χ3n) is 4.33. The number of hydrogen-bond donors (Lipinski definition) is 0. The zero-order chi connectivity index (χ0) is 17.7. The van der Waals surface area contributed by atoms with Crippen LogP contribution in [0.25, 0.3) is 0 Å². The molecular weight excluding hydrogens is 320 g/mol. The Labute approximate surface area is 147 Å². The fourth-order valence-electron chi connectivity index (χ4n) is 3.05. The second kappa shape index (κ2) is 7.53. The Morgan fingerprint density at radius 2 is 1.92 bits per heavy atom. The Morgan fingerprint density at radius 1 is 1.16 bits per heavy atom. The third-order valence-corrected chi connectivity index (χ3v) is 4.33. The Morgan fingerprint density at radius 3 is 2.68 bits per heavy atom. The highest BCUT2D eigenvalue weighted by atomic mass is 16.6. The normalized spacial score (nSPS) is 20.4. The highest BCUT2D eigenvalue weighted by Gasteiger charge is 2.35. The first-order chi connectivity index (χ1) is 12.0. The SMILES string of the molecule is CC1(Oc2cccc([N+](=O)[O-])c2)CCN(CCOc2ccccc2)C1. The number of nitrogens with zero attached hydrogens (tertiary/aromatic N) is 2. The van der Waals surface area contributed by atoms with E-state index in [1.165, 1.54) is 12.1 Å². The van der Waals surface area contributed by atoms with Crippen molar-refractivity contribution in [2.75, 3.05) is 26.2 Å². The largest absolute Gasteiger partial charge is 0.492 e. The molecule has 132 valence electrons. The van der Waals surface area contributed by atoms with Crippen molar-refractivity contribution in [3.63, 3.8) is 0 Å². The van der Waals surface area contributed by atoms with E-state index in [0.717, 1.165) is 31.8 Å². The summed E-state index contributed by atoms with van der Waals surface area (Å²) in [4.78, 5) is 12.8. The van der Waals surface area contributed by atoms with Gasteiger partial charge in [0, 0.05) is 32.1 Å². The van der Waals surface area contributed by atoms with E-state index in [4.69, 9.17) is 9.47 Å². The Balaban J connectivity index is 1.50. The summed E-state index contributed by atoms with van der Waals surface area (Å²) in [7, 11) is 0. The molecule has 0 bridgehead atoms. The molecule has 1 atom stereocenters. The zero-order valence-corrected chi connectivity index (χ0v) is 14.3. The van der Waals surface area contributed by atoms with E-state index >= 15 is 0 Å². The van der Waals surface area contributed by atoms with Crippen LogP contribution in [0.15, 0.2) is 54.6 Å². The van der Waals surface area contributed by atoms with Gasteiger partial charge in [-0.05, 0) is 25.1 Å². The second-order valence-corrected chi connectivity index (χ2v) is 6.49. The van der Waals surface area contributed by atoms with E-state index in [9.17, 15) is 10.1 Å². The van der Waals surface area contributed by atoms with Crippen LogP contribution in [0.2, 0.25) is 0 Å². The highest BCUT2D eigenvalue weighted by molar-refractivity contribution is 5.38. The lowest BCUT2D eigenvalue weighted by molar-refractivity contribution is -0.385. The van der Waals surface area contributed by atoms with Crippen molar-refractivity contribution in [2.45, 2.75) is 18.9 Å². The number of hydrogen-bond acceptors (Lipinski definition) is 5. The van der Waals surface area contributed by atoms with Gasteiger partial charge in [0.25, 0.3) is 5.69 Å². The molecule has 0 N–H and O–H groups in total. The van der Waals surface area contributed by atoms with E-state index in [1.807, 2.05) is 37.3 Å². The molecule has 25 heavy (non-hydrogen) atoms. The van der Waals surface area contributed by atoms with Crippen LogP contribution in [0.4, 0.5) is 5.69 Å². The van der Waals surface area contributed by atoms with Gasteiger partial charge >= 0.3 is 0 Å². The molecule has 6 nitrogen and oxygen atoms in total. The molecule has 1 saturated heterocycles. The molecule has 0 amide bonds. The lowest BCUT2D eigenvalue weighted by Gasteiger charge is -2.26. The zero-order valence-electron chi connectivity index (χ0n) is 14.3. The van der Waals surface area contributed by atoms with E-state index in [1.54, 1.807) is 12.1 Å². The van der Waals surface area contributed by atoms with Crippen molar-refractivity contribution < 1.29 is 14.4 Å². The van der Waals surface area contributed by atoms with Gasteiger partial charge in [-0.25, -0.2) is 0 Å². The van der Waals surface area contributed by atoms with Crippen LogP contribution in [-0.4, -0.2) is 41.7 Å². The number of non-ortho nitro benzene ring substituents is 1. The van der Waals surface area contributed by atoms with Crippen LogP contribution in [0.5, 0.6) is 11.5 Å². The summed E-state index contributed by atoms with van der Waals surface area (Å²) in [5.74, 6) is 1.41. The number of ether oxygens (including phenoxy) is 2. The maximum atomic E-state index is 10.9. The van der Waals surface area contributed by atoms with Crippen LogP contribution in [0, 0.1) is 10.1 Å². The van der Waals surface area contributed by atoms with Gasteiger partial charge in [0.05, 0.1) is 11.0 Å². The number of nitro groups is 1. The van der Waals surface area contributed by atoms with E-state index in [-0.39, 0.29) is 11.3 Å². The van der Waals surface area contributed by atoms with Gasteiger partial charge in [-0.1, -0.05) is 24.3 Å². The summed E-state index contributed by atoms with van der Waals surface area (Å²) in [5.41, 5.74) is -0.297. The molecule has 0 saturated carbocycles. The number of benzene rings is 2. The van der Waals surface area contributed by atoms with Crippen LogP contribution in [0.3, 0.4) is 0 Å². The minimum Gasteiger partial charge on any atom is -0.492 e. The van der Waals surface area contributed by atoms with E-state index in [0.29, 0.717) is 12.4 Å². The first-order valence-electron chi connectivity index (χ1n) is 8.38. The van der Waals surface area contributed by atoms with Gasteiger partial charge < -0.3 is 9.47 Å².